The van der Waals surface area contributed by atoms with Gasteiger partial charge in [0.15, 0.2) is 0 Å². The first-order chi connectivity index (χ1) is 8.90. The summed E-state index contributed by atoms with van der Waals surface area (Å²) in [5.41, 5.74) is 2.09. The monoisotopic (exact) mass is 242 g/mol. The third kappa shape index (κ3) is 3.60. The van der Waals surface area contributed by atoms with E-state index in [0.29, 0.717) is 0 Å². The number of rotatable bonds is 6. The minimum absolute atomic E-state index is 0.197. The number of nitrogens with zero attached hydrogens (tertiary/aromatic N) is 3. The van der Waals surface area contributed by atoms with E-state index in [1.807, 2.05) is 30.5 Å². The summed E-state index contributed by atoms with van der Waals surface area (Å²) in [4.78, 5) is 12.7. The van der Waals surface area contributed by atoms with Gasteiger partial charge >= 0.3 is 0 Å². The molecule has 1 N–H and O–H groups in total. The zero-order chi connectivity index (χ0) is 12.6. The molecule has 0 spiro atoms. The van der Waals surface area contributed by atoms with Crippen molar-refractivity contribution >= 4 is 0 Å². The van der Waals surface area contributed by atoms with Crippen molar-refractivity contribution in [2.45, 2.75) is 25.8 Å². The molecule has 0 aromatic carbocycles. The first kappa shape index (κ1) is 12.6. The van der Waals surface area contributed by atoms with Gasteiger partial charge in [-0.05, 0) is 31.2 Å². The van der Waals surface area contributed by atoms with Gasteiger partial charge in [0.05, 0.1) is 11.7 Å². The molecule has 2 aromatic heterocycles. The van der Waals surface area contributed by atoms with Gasteiger partial charge in [-0.15, -0.1) is 0 Å². The summed E-state index contributed by atoms with van der Waals surface area (Å²) in [5, 5.41) is 3.50. The predicted molar refractivity (Wildman–Crippen MR) is 71.0 cm³/mol. The molecule has 1 unspecified atom stereocenters. The molecule has 0 aliphatic heterocycles. The molecule has 0 radical (unpaired) electrons. The highest BCUT2D eigenvalue weighted by atomic mass is 15.0. The van der Waals surface area contributed by atoms with Crippen LogP contribution in [0.5, 0.6) is 0 Å². The molecule has 0 saturated carbocycles. The van der Waals surface area contributed by atoms with Crippen LogP contribution < -0.4 is 5.32 Å². The van der Waals surface area contributed by atoms with Gasteiger partial charge in [0, 0.05) is 24.5 Å². The van der Waals surface area contributed by atoms with E-state index in [4.69, 9.17) is 0 Å². The molecule has 0 aliphatic carbocycles. The lowest BCUT2D eigenvalue weighted by molar-refractivity contribution is 0.512. The Hall–Kier alpha value is -1.81. The van der Waals surface area contributed by atoms with Crippen LogP contribution in [0.15, 0.2) is 43.0 Å². The molecule has 1 atom stereocenters. The normalized spacial score (nSPS) is 12.3. The van der Waals surface area contributed by atoms with Gasteiger partial charge in [-0.3, -0.25) is 4.98 Å². The topological polar surface area (TPSA) is 50.7 Å². The van der Waals surface area contributed by atoms with E-state index in [0.717, 1.165) is 30.8 Å². The van der Waals surface area contributed by atoms with Crippen molar-refractivity contribution in [3.63, 3.8) is 0 Å². The fourth-order valence-electron chi connectivity index (χ4n) is 1.83. The van der Waals surface area contributed by atoms with E-state index in [-0.39, 0.29) is 6.04 Å². The average molecular weight is 242 g/mol. The first-order valence-electron chi connectivity index (χ1n) is 6.29. The van der Waals surface area contributed by atoms with Crippen LogP contribution >= 0.6 is 0 Å². The van der Waals surface area contributed by atoms with Crippen molar-refractivity contribution in [1.82, 2.24) is 20.3 Å². The SMILES string of the molecule is CCCNC(Cc1ccccn1)c1ccncn1. The Morgan fingerprint density at radius 1 is 1.17 bits per heavy atom. The standard InChI is InChI=1S/C14H18N4/c1-2-7-17-14(13-6-9-15-11-18-13)10-12-5-3-4-8-16-12/h3-6,8-9,11,14,17H,2,7,10H2,1H3. The Morgan fingerprint density at radius 3 is 2.78 bits per heavy atom. The highest BCUT2D eigenvalue weighted by Gasteiger charge is 2.13. The molecule has 0 aliphatic rings. The summed E-state index contributed by atoms with van der Waals surface area (Å²) in [6.45, 7) is 3.13. The van der Waals surface area contributed by atoms with Gasteiger partial charge < -0.3 is 5.32 Å². The molecule has 4 heteroatoms. The molecule has 2 heterocycles. The Balaban J connectivity index is 2.10. The Kier molecular flexibility index (Phi) is 4.78. The molecule has 0 fully saturated rings. The van der Waals surface area contributed by atoms with Crippen LogP contribution in [0, 0.1) is 0 Å². The van der Waals surface area contributed by atoms with Gasteiger partial charge in [0.2, 0.25) is 0 Å². The maximum atomic E-state index is 4.37. The van der Waals surface area contributed by atoms with E-state index in [2.05, 4.69) is 27.2 Å². The smallest absolute Gasteiger partial charge is 0.115 e. The lowest BCUT2D eigenvalue weighted by atomic mass is 10.1. The van der Waals surface area contributed by atoms with E-state index in [9.17, 15) is 0 Å². The van der Waals surface area contributed by atoms with E-state index >= 15 is 0 Å². The average Bonchev–Trinajstić information content (AvgIpc) is 2.45. The van der Waals surface area contributed by atoms with Crippen LogP contribution in [-0.2, 0) is 6.42 Å². The minimum atomic E-state index is 0.197. The molecule has 0 bridgehead atoms. The summed E-state index contributed by atoms with van der Waals surface area (Å²) in [7, 11) is 0. The molecule has 0 saturated heterocycles. The second-order valence-corrected chi connectivity index (χ2v) is 4.17. The zero-order valence-electron chi connectivity index (χ0n) is 10.6. The lowest BCUT2D eigenvalue weighted by Gasteiger charge is -2.17. The van der Waals surface area contributed by atoms with Gasteiger partial charge in [-0.2, -0.15) is 0 Å². The van der Waals surface area contributed by atoms with Gasteiger partial charge in [0.25, 0.3) is 0 Å². The summed E-state index contributed by atoms with van der Waals surface area (Å²) in [6.07, 6.45) is 7.14. The molecule has 2 aromatic rings. The van der Waals surface area contributed by atoms with Crippen molar-refractivity contribution < 1.29 is 0 Å². The fraction of sp³-hybridized carbons (Fsp3) is 0.357. The highest BCUT2D eigenvalue weighted by Crippen LogP contribution is 2.14. The first-order valence-corrected chi connectivity index (χ1v) is 6.29. The molecule has 18 heavy (non-hydrogen) atoms. The maximum absolute atomic E-state index is 4.37. The molecule has 0 amide bonds. The van der Waals surface area contributed by atoms with Gasteiger partial charge in [0.1, 0.15) is 6.33 Å². The van der Waals surface area contributed by atoms with Gasteiger partial charge in [-0.25, -0.2) is 9.97 Å². The maximum Gasteiger partial charge on any atom is 0.115 e. The Bertz CT molecular complexity index is 444. The highest BCUT2D eigenvalue weighted by molar-refractivity contribution is 5.12. The van der Waals surface area contributed by atoms with Crippen LogP contribution in [0.4, 0.5) is 0 Å². The van der Waals surface area contributed by atoms with Gasteiger partial charge in [-0.1, -0.05) is 13.0 Å². The fourth-order valence-corrected chi connectivity index (χ4v) is 1.83. The summed E-state index contributed by atoms with van der Waals surface area (Å²) < 4.78 is 0. The molecular formula is C14H18N4. The lowest BCUT2D eigenvalue weighted by Crippen LogP contribution is -2.25. The second-order valence-electron chi connectivity index (χ2n) is 4.17. The largest absolute Gasteiger partial charge is 0.308 e. The second kappa shape index (κ2) is 6.81. The van der Waals surface area contributed by atoms with Crippen LogP contribution in [0.1, 0.15) is 30.8 Å². The molecule has 4 nitrogen and oxygen atoms in total. The number of aromatic nitrogens is 3. The minimum Gasteiger partial charge on any atom is -0.308 e. The summed E-state index contributed by atoms with van der Waals surface area (Å²) in [5.74, 6) is 0. The number of hydrogen-bond acceptors (Lipinski definition) is 4. The van der Waals surface area contributed by atoms with Crippen molar-refractivity contribution in [1.29, 1.82) is 0 Å². The summed E-state index contributed by atoms with van der Waals surface area (Å²) in [6, 6.07) is 8.14. The molecule has 94 valence electrons. The Labute approximate surface area is 108 Å². The van der Waals surface area contributed by atoms with Crippen LogP contribution in [-0.4, -0.2) is 21.5 Å². The van der Waals surface area contributed by atoms with E-state index < -0.39 is 0 Å². The molecular weight excluding hydrogens is 224 g/mol. The third-order valence-corrected chi connectivity index (χ3v) is 2.74. The third-order valence-electron chi connectivity index (χ3n) is 2.74. The number of pyridine rings is 1. The van der Waals surface area contributed by atoms with Crippen molar-refractivity contribution in [3.8, 4) is 0 Å². The summed E-state index contributed by atoms with van der Waals surface area (Å²) >= 11 is 0. The van der Waals surface area contributed by atoms with Crippen LogP contribution in [0.2, 0.25) is 0 Å². The quantitative estimate of drug-likeness (QED) is 0.843. The van der Waals surface area contributed by atoms with Crippen molar-refractivity contribution in [2.75, 3.05) is 6.54 Å². The van der Waals surface area contributed by atoms with E-state index in [1.54, 1.807) is 12.5 Å². The predicted octanol–water partition coefficient (Wildman–Crippen LogP) is 2.16. The zero-order valence-corrected chi connectivity index (χ0v) is 10.6. The molecule has 2 rings (SSSR count). The number of hydrogen-bond donors (Lipinski definition) is 1. The number of nitrogens with one attached hydrogen (secondary N) is 1. The van der Waals surface area contributed by atoms with E-state index in [1.165, 1.54) is 0 Å². The van der Waals surface area contributed by atoms with Crippen molar-refractivity contribution in [2.24, 2.45) is 0 Å². The van der Waals surface area contributed by atoms with Crippen molar-refractivity contribution in [3.05, 3.63) is 54.4 Å². The van der Waals surface area contributed by atoms with Crippen LogP contribution in [0.25, 0.3) is 0 Å². The van der Waals surface area contributed by atoms with Crippen LogP contribution in [0.3, 0.4) is 0 Å². The Morgan fingerprint density at radius 2 is 2.11 bits per heavy atom.